The van der Waals surface area contributed by atoms with Crippen LogP contribution in [0.25, 0.3) is 11.0 Å². The third-order valence-electron chi connectivity index (χ3n) is 5.36. The van der Waals surface area contributed by atoms with Gasteiger partial charge < -0.3 is 9.15 Å². The zero-order valence-corrected chi connectivity index (χ0v) is 20.4. The van der Waals surface area contributed by atoms with Crippen LogP contribution in [0.15, 0.2) is 56.1 Å². The maximum atomic E-state index is 13.6. The van der Waals surface area contributed by atoms with Gasteiger partial charge in [0.15, 0.2) is 10.6 Å². The molecule has 10 heteroatoms. The molecule has 166 valence electrons. The number of methoxy groups -OCH3 is 1. The fourth-order valence-electron chi connectivity index (χ4n) is 3.90. The molecule has 2 aromatic carbocycles. The summed E-state index contributed by atoms with van der Waals surface area (Å²) in [7, 11) is 1.28. The lowest BCUT2D eigenvalue weighted by Gasteiger charge is -2.22. The van der Waals surface area contributed by atoms with Gasteiger partial charge in [-0.2, -0.15) is 0 Å². The maximum absolute atomic E-state index is 13.6. The third-order valence-corrected chi connectivity index (χ3v) is 7.22. The average molecular weight is 546 g/mol. The molecule has 0 aliphatic carbocycles. The van der Waals surface area contributed by atoms with Crippen molar-refractivity contribution in [3.05, 3.63) is 89.6 Å². The van der Waals surface area contributed by atoms with Crippen molar-refractivity contribution < 1.29 is 18.7 Å². The van der Waals surface area contributed by atoms with Gasteiger partial charge in [0, 0.05) is 9.50 Å². The van der Waals surface area contributed by atoms with Crippen molar-refractivity contribution in [3.63, 3.8) is 0 Å². The van der Waals surface area contributed by atoms with Gasteiger partial charge in [-0.25, -0.2) is 9.78 Å². The monoisotopic (exact) mass is 544 g/mol. The van der Waals surface area contributed by atoms with E-state index >= 15 is 0 Å². The Morgan fingerprint density at radius 3 is 2.76 bits per heavy atom. The quantitative estimate of drug-likeness (QED) is 0.315. The van der Waals surface area contributed by atoms with Gasteiger partial charge in [0.2, 0.25) is 5.76 Å². The number of amides is 1. The Morgan fingerprint density at radius 2 is 2.03 bits per heavy atom. The first-order chi connectivity index (χ1) is 15.8. The minimum atomic E-state index is -0.805. The Kier molecular flexibility index (Phi) is 5.35. The highest BCUT2D eigenvalue weighted by Crippen LogP contribution is 2.43. The number of fused-ring (bicyclic) bond motifs is 2. The second-order valence-corrected chi connectivity index (χ2v) is 9.68. The van der Waals surface area contributed by atoms with Gasteiger partial charge in [0.25, 0.3) is 5.91 Å². The van der Waals surface area contributed by atoms with Gasteiger partial charge in [-0.05, 0) is 42.8 Å². The molecule has 5 rings (SSSR count). The molecule has 4 aromatic rings. The second kappa shape index (κ2) is 8.09. The molecule has 33 heavy (non-hydrogen) atoms. The number of nitrogens with zero attached hydrogens (tertiary/aromatic N) is 2. The summed E-state index contributed by atoms with van der Waals surface area (Å²) in [5.41, 5.74) is 1.21. The van der Waals surface area contributed by atoms with Crippen LogP contribution in [0.2, 0.25) is 5.02 Å². The lowest BCUT2D eigenvalue weighted by atomic mass is 9.99. The van der Waals surface area contributed by atoms with Crippen LogP contribution >= 0.6 is 38.9 Å². The minimum Gasteiger partial charge on any atom is -0.465 e. The van der Waals surface area contributed by atoms with Crippen molar-refractivity contribution in [2.75, 3.05) is 12.0 Å². The summed E-state index contributed by atoms with van der Waals surface area (Å²) in [6.07, 6.45) is 0. The molecular formula is C23H14BrClN2O5S. The van der Waals surface area contributed by atoms with E-state index < -0.39 is 17.9 Å². The maximum Gasteiger partial charge on any atom is 0.350 e. The molecule has 0 saturated heterocycles. The Labute approximate surface area is 204 Å². The van der Waals surface area contributed by atoms with Gasteiger partial charge in [-0.15, -0.1) is 0 Å². The number of rotatable bonds is 3. The molecule has 0 fully saturated rings. The highest BCUT2D eigenvalue weighted by Gasteiger charge is 2.45. The first kappa shape index (κ1) is 21.8. The number of anilines is 1. The number of benzene rings is 2. The summed E-state index contributed by atoms with van der Waals surface area (Å²) in [5.74, 6) is -1.13. The van der Waals surface area contributed by atoms with Crippen LogP contribution in [0.5, 0.6) is 0 Å². The zero-order valence-electron chi connectivity index (χ0n) is 17.2. The van der Waals surface area contributed by atoms with Crippen LogP contribution in [0, 0.1) is 6.92 Å². The van der Waals surface area contributed by atoms with Crippen LogP contribution in [0.3, 0.4) is 0 Å². The Bertz CT molecular complexity index is 1530. The molecule has 0 saturated carbocycles. The number of hydrogen-bond donors (Lipinski definition) is 0. The summed E-state index contributed by atoms with van der Waals surface area (Å²) in [4.78, 5) is 45.5. The third kappa shape index (κ3) is 3.47. The average Bonchev–Trinajstić information content (AvgIpc) is 3.31. The van der Waals surface area contributed by atoms with E-state index in [2.05, 4.69) is 20.9 Å². The normalized spacial score (nSPS) is 15.2. The van der Waals surface area contributed by atoms with Gasteiger partial charge in [-0.3, -0.25) is 14.5 Å². The van der Waals surface area contributed by atoms with Crippen molar-refractivity contribution in [3.8, 4) is 0 Å². The van der Waals surface area contributed by atoms with E-state index in [1.165, 1.54) is 18.1 Å². The highest BCUT2D eigenvalue weighted by molar-refractivity contribution is 9.10. The molecule has 0 N–H and O–H groups in total. The molecule has 7 nitrogen and oxygen atoms in total. The molecular weight excluding hydrogens is 532 g/mol. The van der Waals surface area contributed by atoms with E-state index in [0.717, 1.165) is 15.8 Å². The summed E-state index contributed by atoms with van der Waals surface area (Å²) >= 11 is 10.6. The SMILES string of the molecule is COC(=O)c1sc(N2C(=O)c3oc4ccc(Cl)cc4c(=O)c3C2c2cccc(Br)c2)nc1C. The standard InChI is InChI=1S/C23H14BrClN2O5S/c1-10-20(22(30)31-2)33-23(26-10)27-17(11-4-3-5-12(24)8-11)16-18(28)14-9-13(25)6-7-15(14)32-19(16)21(27)29/h3-9,17H,1-2H3. The number of aryl methyl sites for hydroxylation is 1. The van der Waals surface area contributed by atoms with Crippen LogP contribution in [-0.4, -0.2) is 24.0 Å². The number of carbonyl (C=O) groups excluding carboxylic acids is 2. The van der Waals surface area contributed by atoms with Crippen LogP contribution in [-0.2, 0) is 4.74 Å². The van der Waals surface area contributed by atoms with Gasteiger partial charge in [0.05, 0.1) is 29.8 Å². The molecule has 1 atom stereocenters. The first-order valence-corrected chi connectivity index (χ1v) is 11.7. The largest absolute Gasteiger partial charge is 0.465 e. The van der Waals surface area contributed by atoms with Crippen molar-refractivity contribution in [1.82, 2.24) is 4.98 Å². The first-order valence-electron chi connectivity index (χ1n) is 9.71. The summed E-state index contributed by atoms with van der Waals surface area (Å²) in [5, 5.41) is 0.922. The van der Waals surface area contributed by atoms with Gasteiger partial charge >= 0.3 is 5.97 Å². The zero-order chi connectivity index (χ0) is 23.4. The van der Waals surface area contributed by atoms with Gasteiger partial charge in [-0.1, -0.05) is 51.0 Å². The molecule has 2 aromatic heterocycles. The van der Waals surface area contributed by atoms with Crippen molar-refractivity contribution >= 4 is 66.8 Å². The van der Waals surface area contributed by atoms with Crippen LogP contribution in [0.1, 0.15) is 43.1 Å². The Morgan fingerprint density at radius 1 is 1.24 bits per heavy atom. The van der Waals surface area contributed by atoms with Gasteiger partial charge in [0.1, 0.15) is 10.5 Å². The molecule has 1 aliphatic rings. The molecule has 0 bridgehead atoms. The van der Waals surface area contributed by atoms with E-state index in [4.69, 9.17) is 20.8 Å². The highest BCUT2D eigenvalue weighted by atomic mass is 79.9. The fraction of sp³-hybridized carbons (Fsp3) is 0.130. The molecule has 1 aliphatic heterocycles. The fourth-order valence-corrected chi connectivity index (χ4v) is 5.50. The number of aromatic nitrogens is 1. The summed E-state index contributed by atoms with van der Waals surface area (Å²) < 4.78 is 11.5. The smallest absolute Gasteiger partial charge is 0.350 e. The number of thiazole rings is 1. The van der Waals surface area contributed by atoms with Crippen LogP contribution in [0.4, 0.5) is 5.13 Å². The molecule has 1 unspecified atom stereocenters. The van der Waals surface area contributed by atoms with E-state index in [0.29, 0.717) is 16.3 Å². The minimum absolute atomic E-state index is 0.0627. The number of hydrogen-bond acceptors (Lipinski definition) is 7. The lowest BCUT2D eigenvalue weighted by Crippen LogP contribution is -2.29. The topological polar surface area (TPSA) is 89.7 Å². The predicted molar refractivity (Wildman–Crippen MR) is 128 cm³/mol. The number of halogens is 2. The predicted octanol–water partition coefficient (Wildman–Crippen LogP) is 5.51. The number of carbonyl (C=O) groups is 2. The molecule has 1 amide bonds. The van der Waals surface area contributed by atoms with E-state index in [-0.39, 0.29) is 37.7 Å². The Hall–Kier alpha value is -3.01. The summed E-state index contributed by atoms with van der Waals surface area (Å²) in [6.45, 7) is 1.66. The van der Waals surface area contributed by atoms with Crippen molar-refractivity contribution in [2.45, 2.75) is 13.0 Å². The second-order valence-electron chi connectivity index (χ2n) is 7.35. The van der Waals surface area contributed by atoms with Crippen molar-refractivity contribution in [1.29, 1.82) is 0 Å². The Balaban J connectivity index is 1.80. The summed E-state index contributed by atoms with van der Waals surface area (Å²) in [6, 6.07) is 11.2. The molecule has 3 heterocycles. The van der Waals surface area contributed by atoms with E-state index in [1.54, 1.807) is 19.1 Å². The molecule has 0 spiro atoms. The number of esters is 1. The van der Waals surface area contributed by atoms with E-state index in [9.17, 15) is 14.4 Å². The van der Waals surface area contributed by atoms with Crippen LogP contribution < -0.4 is 10.3 Å². The number of ether oxygens (including phenoxy) is 1. The van der Waals surface area contributed by atoms with Crippen molar-refractivity contribution in [2.24, 2.45) is 0 Å². The van der Waals surface area contributed by atoms with E-state index in [1.807, 2.05) is 24.3 Å². The lowest BCUT2D eigenvalue weighted by molar-refractivity contribution is 0.0605. The molecule has 0 radical (unpaired) electrons.